The van der Waals surface area contributed by atoms with Crippen molar-refractivity contribution in [2.45, 2.75) is 12.8 Å². The van der Waals surface area contributed by atoms with Gasteiger partial charge < -0.3 is 14.9 Å². The second-order valence-electron chi connectivity index (χ2n) is 5.00. The average molecular weight is 292 g/mol. The third kappa shape index (κ3) is 4.91. The first-order chi connectivity index (χ1) is 9.82. The molecule has 2 amide bonds. The molecule has 0 aliphatic heterocycles. The minimum absolute atomic E-state index is 0.0246. The topological polar surface area (TPSA) is 77.9 Å². The van der Waals surface area contributed by atoms with Gasteiger partial charge in [-0.2, -0.15) is 0 Å². The Balaban J connectivity index is 2.76. The fourth-order valence-corrected chi connectivity index (χ4v) is 1.83. The summed E-state index contributed by atoms with van der Waals surface area (Å²) in [6, 6.07) is 6.51. The van der Waals surface area contributed by atoms with E-state index in [1.165, 1.54) is 9.80 Å². The molecule has 0 atom stereocenters. The molecule has 0 spiro atoms. The maximum Gasteiger partial charge on any atom is 0.303 e. The maximum absolute atomic E-state index is 12.2. The summed E-state index contributed by atoms with van der Waals surface area (Å²) in [5.41, 5.74) is 0.866. The van der Waals surface area contributed by atoms with Gasteiger partial charge in [0.25, 0.3) is 11.8 Å². The van der Waals surface area contributed by atoms with E-state index in [9.17, 15) is 14.4 Å². The number of benzene rings is 1. The fraction of sp³-hybridized carbons (Fsp3) is 0.400. The van der Waals surface area contributed by atoms with Crippen molar-refractivity contribution in [1.29, 1.82) is 0 Å². The van der Waals surface area contributed by atoms with Crippen LogP contribution in [-0.4, -0.2) is 60.4 Å². The molecule has 1 rings (SSSR count). The first-order valence-electron chi connectivity index (χ1n) is 6.62. The van der Waals surface area contributed by atoms with Crippen molar-refractivity contribution in [2.75, 3.05) is 27.7 Å². The first-order valence-corrected chi connectivity index (χ1v) is 6.62. The summed E-state index contributed by atoms with van der Waals surface area (Å²) in [5.74, 6) is -1.28. The van der Waals surface area contributed by atoms with Gasteiger partial charge in [-0.1, -0.05) is 6.07 Å². The number of nitrogens with zero attached hydrogens (tertiary/aromatic N) is 2. The van der Waals surface area contributed by atoms with Crippen LogP contribution in [0.25, 0.3) is 0 Å². The van der Waals surface area contributed by atoms with Crippen molar-refractivity contribution in [3.63, 3.8) is 0 Å². The molecule has 0 aliphatic rings. The normalized spacial score (nSPS) is 10.0. The van der Waals surface area contributed by atoms with Gasteiger partial charge in [0.1, 0.15) is 0 Å². The lowest BCUT2D eigenvalue weighted by Gasteiger charge is -2.17. The van der Waals surface area contributed by atoms with E-state index in [4.69, 9.17) is 5.11 Å². The summed E-state index contributed by atoms with van der Waals surface area (Å²) in [6.45, 7) is 0.358. The minimum Gasteiger partial charge on any atom is -0.481 e. The highest BCUT2D eigenvalue weighted by Crippen LogP contribution is 2.10. The highest BCUT2D eigenvalue weighted by atomic mass is 16.4. The number of amides is 2. The van der Waals surface area contributed by atoms with Crippen LogP contribution in [0.5, 0.6) is 0 Å². The zero-order valence-corrected chi connectivity index (χ0v) is 12.5. The number of carboxylic acids is 1. The summed E-state index contributed by atoms with van der Waals surface area (Å²) in [6.07, 6.45) is 0.421. The van der Waals surface area contributed by atoms with E-state index in [1.54, 1.807) is 45.4 Å². The van der Waals surface area contributed by atoms with E-state index < -0.39 is 5.97 Å². The summed E-state index contributed by atoms with van der Waals surface area (Å²) in [4.78, 5) is 37.5. The van der Waals surface area contributed by atoms with Gasteiger partial charge in [-0.05, 0) is 24.6 Å². The molecule has 21 heavy (non-hydrogen) atoms. The molecule has 6 heteroatoms. The fourth-order valence-electron chi connectivity index (χ4n) is 1.83. The summed E-state index contributed by atoms with van der Waals surface area (Å²) in [5, 5.41) is 8.59. The van der Waals surface area contributed by atoms with E-state index in [1.807, 2.05) is 0 Å². The molecule has 0 bridgehead atoms. The number of rotatable bonds is 6. The quantitative estimate of drug-likeness (QED) is 0.858. The Morgan fingerprint density at radius 2 is 1.62 bits per heavy atom. The molecule has 0 unspecified atom stereocenters. The van der Waals surface area contributed by atoms with E-state index in [0.717, 1.165) is 0 Å². The van der Waals surface area contributed by atoms with Crippen LogP contribution in [0.4, 0.5) is 0 Å². The van der Waals surface area contributed by atoms with Gasteiger partial charge in [0, 0.05) is 45.2 Å². The molecular formula is C15H20N2O4. The van der Waals surface area contributed by atoms with Crippen LogP contribution in [0.3, 0.4) is 0 Å². The molecule has 0 saturated heterocycles. The second-order valence-corrected chi connectivity index (χ2v) is 5.00. The summed E-state index contributed by atoms with van der Waals surface area (Å²) in [7, 11) is 4.91. The monoisotopic (exact) mass is 292 g/mol. The smallest absolute Gasteiger partial charge is 0.303 e. The molecule has 0 aliphatic carbocycles. The van der Waals surface area contributed by atoms with Gasteiger partial charge in [0.2, 0.25) is 0 Å². The minimum atomic E-state index is -0.880. The summed E-state index contributed by atoms with van der Waals surface area (Å²) < 4.78 is 0. The second kappa shape index (κ2) is 7.42. The zero-order chi connectivity index (χ0) is 16.0. The largest absolute Gasteiger partial charge is 0.481 e. The highest BCUT2D eigenvalue weighted by Gasteiger charge is 2.15. The van der Waals surface area contributed by atoms with Gasteiger partial charge in [0.05, 0.1) is 0 Å². The van der Waals surface area contributed by atoms with E-state index in [2.05, 4.69) is 0 Å². The molecule has 0 heterocycles. The van der Waals surface area contributed by atoms with Crippen molar-refractivity contribution in [2.24, 2.45) is 0 Å². The molecule has 0 fully saturated rings. The van der Waals surface area contributed by atoms with E-state index in [-0.39, 0.29) is 18.2 Å². The Morgan fingerprint density at radius 3 is 2.14 bits per heavy atom. The van der Waals surface area contributed by atoms with E-state index >= 15 is 0 Å². The van der Waals surface area contributed by atoms with Gasteiger partial charge in [-0.25, -0.2) is 0 Å². The molecule has 114 valence electrons. The Hall–Kier alpha value is -2.37. The Kier molecular flexibility index (Phi) is 5.90. The number of hydrogen-bond acceptors (Lipinski definition) is 3. The molecule has 0 aromatic heterocycles. The number of carbonyl (C=O) groups excluding carboxylic acids is 2. The van der Waals surface area contributed by atoms with Crippen LogP contribution >= 0.6 is 0 Å². The lowest BCUT2D eigenvalue weighted by atomic mass is 10.1. The lowest BCUT2D eigenvalue weighted by molar-refractivity contribution is -0.137. The molecule has 0 radical (unpaired) electrons. The molecule has 1 aromatic carbocycles. The van der Waals surface area contributed by atoms with Crippen molar-refractivity contribution in [3.8, 4) is 0 Å². The molecule has 6 nitrogen and oxygen atoms in total. The number of carbonyl (C=O) groups is 3. The molecule has 1 N–H and O–H groups in total. The van der Waals surface area contributed by atoms with Crippen LogP contribution in [0.2, 0.25) is 0 Å². The van der Waals surface area contributed by atoms with Crippen LogP contribution in [0, 0.1) is 0 Å². The predicted octanol–water partition coefficient (Wildman–Crippen LogP) is 1.33. The Labute approximate surface area is 124 Å². The van der Waals surface area contributed by atoms with Gasteiger partial charge in [-0.3, -0.25) is 14.4 Å². The third-order valence-electron chi connectivity index (χ3n) is 2.99. The first kappa shape index (κ1) is 16.7. The van der Waals surface area contributed by atoms with Crippen molar-refractivity contribution in [1.82, 2.24) is 9.80 Å². The number of hydrogen-bond donors (Lipinski definition) is 1. The Bertz CT molecular complexity index is 540. The standard InChI is InChI=1S/C15H20N2O4/c1-16(2)14(20)11-6-4-7-12(10-11)15(21)17(3)9-5-8-13(18)19/h4,6-7,10H,5,8-9H2,1-3H3,(H,18,19). The van der Waals surface area contributed by atoms with Gasteiger partial charge >= 0.3 is 5.97 Å². The molecular weight excluding hydrogens is 272 g/mol. The average Bonchev–Trinajstić information content (AvgIpc) is 2.45. The molecule has 0 saturated carbocycles. The maximum atomic E-state index is 12.2. The Morgan fingerprint density at radius 1 is 1.05 bits per heavy atom. The number of carboxylic acid groups (broad SMARTS) is 1. The SMILES string of the molecule is CN(C)C(=O)c1cccc(C(=O)N(C)CCCC(=O)O)c1. The van der Waals surface area contributed by atoms with Crippen molar-refractivity contribution < 1.29 is 19.5 Å². The number of aliphatic carboxylic acids is 1. The zero-order valence-electron chi connectivity index (χ0n) is 12.5. The highest BCUT2D eigenvalue weighted by molar-refractivity contribution is 5.99. The predicted molar refractivity (Wildman–Crippen MR) is 78.3 cm³/mol. The summed E-state index contributed by atoms with van der Waals surface area (Å²) >= 11 is 0. The van der Waals surface area contributed by atoms with Crippen LogP contribution in [0.15, 0.2) is 24.3 Å². The van der Waals surface area contributed by atoms with Crippen LogP contribution in [-0.2, 0) is 4.79 Å². The van der Waals surface area contributed by atoms with Crippen LogP contribution < -0.4 is 0 Å². The third-order valence-corrected chi connectivity index (χ3v) is 2.99. The van der Waals surface area contributed by atoms with Gasteiger partial charge in [0.15, 0.2) is 0 Å². The van der Waals surface area contributed by atoms with Crippen molar-refractivity contribution in [3.05, 3.63) is 35.4 Å². The van der Waals surface area contributed by atoms with Crippen molar-refractivity contribution >= 4 is 17.8 Å². The lowest BCUT2D eigenvalue weighted by Crippen LogP contribution is -2.28. The van der Waals surface area contributed by atoms with Gasteiger partial charge in [-0.15, -0.1) is 0 Å². The van der Waals surface area contributed by atoms with Crippen LogP contribution in [0.1, 0.15) is 33.6 Å². The van der Waals surface area contributed by atoms with E-state index in [0.29, 0.717) is 24.1 Å². The molecule has 1 aromatic rings.